The third-order valence-corrected chi connectivity index (χ3v) is 6.95. The van der Waals surface area contributed by atoms with Gasteiger partial charge >= 0.3 is 0 Å². The van der Waals surface area contributed by atoms with Crippen molar-refractivity contribution in [2.24, 2.45) is 0 Å². The minimum absolute atomic E-state index is 0.831. The summed E-state index contributed by atoms with van der Waals surface area (Å²) in [6.45, 7) is 6.26. The van der Waals surface area contributed by atoms with Gasteiger partial charge < -0.3 is 4.21 Å². The minimum Gasteiger partial charge on any atom is -0.370 e. The van der Waals surface area contributed by atoms with Crippen LogP contribution in [0.15, 0.2) is 0 Å². The van der Waals surface area contributed by atoms with Gasteiger partial charge in [-0.05, 0) is 26.1 Å². The zero-order valence-corrected chi connectivity index (χ0v) is 8.78. The minimum atomic E-state index is -2.05. The molecule has 1 aliphatic heterocycles. The zero-order chi connectivity index (χ0) is 7.83. The van der Waals surface area contributed by atoms with Crippen LogP contribution in [0.4, 0.5) is 0 Å². The average Bonchev–Trinajstić information content (AvgIpc) is 1.57. The fourth-order valence-electron chi connectivity index (χ4n) is 1.01. The highest BCUT2D eigenvalue weighted by molar-refractivity contribution is 7.62. The van der Waals surface area contributed by atoms with Crippen LogP contribution in [0.1, 0.15) is 6.42 Å². The van der Waals surface area contributed by atoms with Crippen LogP contribution in [0.2, 0.25) is 19.6 Å². The fourth-order valence-corrected chi connectivity index (χ4v) is 6.56. The van der Waals surface area contributed by atoms with Gasteiger partial charge in [0.1, 0.15) is 0 Å². The van der Waals surface area contributed by atoms with Gasteiger partial charge in [-0.15, -0.1) is 0 Å². The Bertz CT molecular complexity index is 165. The van der Waals surface area contributed by atoms with Crippen LogP contribution in [-0.4, -0.2) is 20.6 Å². The molecule has 0 spiro atoms. The first kappa shape index (κ1) is 8.50. The van der Waals surface area contributed by atoms with Crippen molar-refractivity contribution in [3.05, 3.63) is 0 Å². The maximum atomic E-state index is 11.5. The summed E-state index contributed by atoms with van der Waals surface area (Å²) >= 11 is 0. The molecule has 2 nitrogen and oxygen atoms in total. The van der Waals surface area contributed by atoms with E-state index in [-0.39, 0.29) is 0 Å². The molecule has 0 N–H and O–H groups in total. The molecule has 0 unspecified atom stereocenters. The Balaban J connectivity index is 2.45. The lowest BCUT2D eigenvalue weighted by atomic mass is 10.5. The van der Waals surface area contributed by atoms with Gasteiger partial charge in [-0.1, -0.05) is 0 Å². The first-order valence-corrected chi connectivity index (χ1v) is 9.11. The van der Waals surface area contributed by atoms with Gasteiger partial charge in [-0.25, -0.2) is 0 Å². The predicted octanol–water partition coefficient (Wildman–Crippen LogP) is 2.52. The van der Waals surface area contributed by atoms with E-state index in [9.17, 15) is 4.57 Å². The van der Waals surface area contributed by atoms with Crippen LogP contribution in [-0.2, 0) is 8.78 Å². The highest BCUT2D eigenvalue weighted by atomic mass is 31.2. The second-order valence-electron chi connectivity index (χ2n) is 3.82. The molecule has 1 rings (SSSR count). The zero-order valence-electron chi connectivity index (χ0n) is 6.89. The van der Waals surface area contributed by atoms with E-state index in [0.717, 1.165) is 18.7 Å². The molecule has 0 atom stereocenters. The summed E-state index contributed by atoms with van der Waals surface area (Å²) in [5, 5.41) is 0. The normalized spacial score (nSPS) is 23.9. The third-order valence-electron chi connectivity index (χ3n) is 1.44. The molecule has 0 aromatic rings. The van der Waals surface area contributed by atoms with Gasteiger partial charge in [0, 0.05) is 12.3 Å². The number of rotatable bonds is 2. The molecule has 0 saturated carbocycles. The second-order valence-corrected chi connectivity index (χ2v) is 11.3. The summed E-state index contributed by atoms with van der Waals surface area (Å²) in [5.74, 6) is 0. The Hall–Kier alpha value is 0.407. The lowest BCUT2D eigenvalue weighted by Gasteiger charge is -2.32. The molecule has 1 saturated heterocycles. The van der Waals surface area contributed by atoms with E-state index in [1.807, 2.05) is 0 Å². The molecule has 0 aromatic carbocycles. The fraction of sp³-hybridized carbons (Fsp3) is 1.00. The van der Waals surface area contributed by atoms with Crippen LogP contribution in [0, 0.1) is 0 Å². The van der Waals surface area contributed by atoms with Crippen LogP contribution in [0.5, 0.6) is 0 Å². The van der Waals surface area contributed by atoms with Crippen molar-refractivity contribution in [3.8, 4) is 0 Å². The van der Waals surface area contributed by atoms with E-state index in [2.05, 4.69) is 19.6 Å². The summed E-state index contributed by atoms with van der Waals surface area (Å²) in [5.41, 5.74) is 0. The Morgan fingerprint density at radius 1 is 1.30 bits per heavy atom. The molecular weight excluding hydrogens is 163 g/mol. The van der Waals surface area contributed by atoms with Crippen molar-refractivity contribution in [2.75, 3.05) is 12.3 Å². The van der Waals surface area contributed by atoms with Gasteiger partial charge in [-0.2, -0.15) is 0 Å². The Kier molecular flexibility index (Phi) is 2.10. The first-order chi connectivity index (χ1) is 4.41. The molecule has 0 amide bonds. The van der Waals surface area contributed by atoms with Gasteiger partial charge in [0.25, 0.3) is 0 Å². The Morgan fingerprint density at radius 3 is 1.90 bits per heavy atom. The summed E-state index contributed by atoms with van der Waals surface area (Å²) in [4.78, 5) is 0. The molecule has 1 heterocycles. The van der Waals surface area contributed by atoms with E-state index in [1.165, 1.54) is 0 Å². The van der Waals surface area contributed by atoms with Gasteiger partial charge in [0.2, 0.25) is 0 Å². The average molecular weight is 178 g/mol. The maximum absolute atomic E-state index is 11.5. The van der Waals surface area contributed by atoms with Crippen LogP contribution in [0.3, 0.4) is 0 Å². The summed E-state index contributed by atoms with van der Waals surface area (Å²) in [7, 11) is -3.58. The van der Waals surface area contributed by atoms with Crippen LogP contribution in [0.25, 0.3) is 0 Å². The molecule has 10 heavy (non-hydrogen) atoms. The lowest BCUT2D eigenvalue weighted by Crippen LogP contribution is -2.28. The highest BCUT2D eigenvalue weighted by Gasteiger charge is 2.35. The molecular formula is C6H15O2PSi. The molecule has 60 valence electrons. The molecule has 0 bridgehead atoms. The molecule has 1 aliphatic rings. The number of hydrogen-bond acceptors (Lipinski definition) is 2. The standard InChI is InChI=1S/C6H15O2PSi/c1-10(2,3)8-9(7)5-4-6-9/h4-6H2,1-3H3. The third kappa shape index (κ3) is 2.22. The Labute approximate surface area is 63.6 Å². The Morgan fingerprint density at radius 2 is 1.80 bits per heavy atom. The second kappa shape index (κ2) is 2.47. The lowest BCUT2D eigenvalue weighted by molar-refractivity contribution is 0.464. The first-order valence-electron chi connectivity index (χ1n) is 3.70. The van der Waals surface area contributed by atoms with Gasteiger partial charge in [0.15, 0.2) is 15.7 Å². The quantitative estimate of drug-likeness (QED) is 0.479. The van der Waals surface area contributed by atoms with Crippen molar-refractivity contribution in [1.82, 2.24) is 0 Å². The van der Waals surface area contributed by atoms with Gasteiger partial charge in [0.05, 0.1) is 0 Å². The smallest absolute Gasteiger partial charge is 0.193 e. The summed E-state index contributed by atoms with van der Waals surface area (Å²) in [6.07, 6.45) is 2.76. The topological polar surface area (TPSA) is 26.3 Å². The van der Waals surface area contributed by atoms with E-state index >= 15 is 0 Å². The molecule has 0 radical (unpaired) electrons. The van der Waals surface area contributed by atoms with Crippen molar-refractivity contribution in [3.63, 3.8) is 0 Å². The van der Waals surface area contributed by atoms with Gasteiger partial charge in [-0.3, -0.25) is 4.57 Å². The largest absolute Gasteiger partial charge is 0.370 e. The maximum Gasteiger partial charge on any atom is 0.193 e. The van der Waals surface area contributed by atoms with Crippen molar-refractivity contribution < 1.29 is 8.78 Å². The van der Waals surface area contributed by atoms with Crippen LogP contribution >= 0.6 is 7.37 Å². The number of hydrogen-bond donors (Lipinski definition) is 0. The van der Waals surface area contributed by atoms with E-state index in [4.69, 9.17) is 4.21 Å². The summed E-state index contributed by atoms with van der Waals surface area (Å²) in [6, 6.07) is 0. The monoisotopic (exact) mass is 178 g/mol. The molecule has 1 fully saturated rings. The van der Waals surface area contributed by atoms with E-state index in [1.54, 1.807) is 0 Å². The van der Waals surface area contributed by atoms with Crippen molar-refractivity contribution >= 4 is 15.7 Å². The SMILES string of the molecule is C[Si](C)(C)OP1(=O)CCC1. The van der Waals surface area contributed by atoms with E-state index < -0.39 is 15.7 Å². The highest BCUT2D eigenvalue weighted by Crippen LogP contribution is 2.57. The molecule has 4 heteroatoms. The van der Waals surface area contributed by atoms with E-state index in [0.29, 0.717) is 0 Å². The molecule has 0 aliphatic carbocycles. The van der Waals surface area contributed by atoms with Crippen molar-refractivity contribution in [2.45, 2.75) is 26.1 Å². The molecule has 0 aromatic heterocycles. The summed E-state index contributed by atoms with van der Waals surface area (Å²) < 4.78 is 17.1. The predicted molar refractivity (Wildman–Crippen MR) is 46.4 cm³/mol. The van der Waals surface area contributed by atoms with Crippen LogP contribution < -0.4 is 0 Å². The van der Waals surface area contributed by atoms with Crippen molar-refractivity contribution in [1.29, 1.82) is 0 Å².